The molecule has 9 heteroatoms. The molecule has 1 aliphatic rings. The second-order valence-corrected chi connectivity index (χ2v) is 9.80. The van der Waals surface area contributed by atoms with Crippen LogP contribution in [0.2, 0.25) is 10.0 Å². The summed E-state index contributed by atoms with van der Waals surface area (Å²) in [5, 5.41) is 4.05. The fraction of sp³-hybridized carbons (Fsp3) is 0.238. The highest BCUT2D eigenvalue weighted by molar-refractivity contribution is 7.89. The predicted molar refractivity (Wildman–Crippen MR) is 118 cm³/mol. The predicted octanol–water partition coefficient (Wildman–Crippen LogP) is 4.58. The van der Waals surface area contributed by atoms with E-state index in [-0.39, 0.29) is 39.9 Å². The van der Waals surface area contributed by atoms with Gasteiger partial charge in [-0.05, 0) is 43.2 Å². The minimum Gasteiger partial charge on any atom is -0.310 e. The van der Waals surface area contributed by atoms with Crippen LogP contribution in [0, 0.1) is 5.92 Å². The molecule has 0 spiro atoms. The lowest BCUT2D eigenvalue weighted by Gasteiger charge is -2.30. The second kappa shape index (κ2) is 8.51. The summed E-state index contributed by atoms with van der Waals surface area (Å²) in [6.45, 7) is 0.461. The molecule has 4 rings (SSSR count). The number of fused-ring (bicyclic) bond motifs is 1. The fourth-order valence-corrected chi connectivity index (χ4v) is 5.75. The zero-order chi connectivity index (χ0) is 21.3. The maximum atomic E-state index is 12.9. The molecule has 3 aromatic rings. The number of hydrogen-bond donors (Lipinski definition) is 1. The van der Waals surface area contributed by atoms with Gasteiger partial charge in [0, 0.05) is 24.4 Å². The van der Waals surface area contributed by atoms with Crippen molar-refractivity contribution in [3.05, 3.63) is 64.6 Å². The highest BCUT2D eigenvalue weighted by atomic mass is 35.5. The van der Waals surface area contributed by atoms with E-state index in [1.807, 2.05) is 30.3 Å². The van der Waals surface area contributed by atoms with Gasteiger partial charge in [-0.15, -0.1) is 0 Å². The van der Waals surface area contributed by atoms with Crippen LogP contribution in [0.5, 0.6) is 0 Å². The molecule has 2 heterocycles. The Balaban J connectivity index is 1.42. The van der Waals surface area contributed by atoms with Crippen molar-refractivity contribution in [3.63, 3.8) is 0 Å². The molecule has 1 saturated heterocycles. The molecule has 1 N–H and O–H groups in total. The van der Waals surface area contributed by atoms with Gasteiger partial charge in [0.25, 0.3) is 0 Å². The molecule has 0 saturated carbocycles. The van der Waals surface area contributed by atoms with E-state index in [9.17, 15) is 13.2 Å². The number of sulfonamides is 1. The molecule has 0 atom stereocenters. The Morgan fingerprint density at radius 2 is 1.73 bits per heavy atom. The standard InChI is InChI=1S/C21H19Cl2N3O3S/c22-16-5-3-7-18(20(16)23)30(28,29)26-12-10-15(11-13-26)21(27)25-19-9-8-14-4-1-2-6-17(14)24-19/h1-9,15H,10-13H2,(H,24,25,27). The topological polar surface area (TPSA) is 79.4 Å². The first-order valence-electron chi connectivity index (χ1n) is 9.47. The SMILES string of the molecule is O=C(Nc1ccc2ccccc2n1)C1CCN(S(=O)(=O)c2cccc(Cl)c2Cl)CC1. The number of halogens is 2. The van der Waals surface area contributed by atoms with E-state index in [0.29, 0.717) is 18.7 Å². The lowest BCUT2D eigenvalue weighted by Crippen LogP contribution is -2.41. The zero-order valence-electron chi connectivity index (χ0n) is 15.9. The molecule has 2 aromatic carbocycles. The highest BCUT2D eigenvalue weighted by Crippen LogP contribution is 2.32. The highest BCUT2D eigenvalue weighted by Gasteiger charge is 2.33. The lowest BCUT2D eigenvalue weighted by atomic mass is 9.97. The summed E-state index contributed by atoms with van der Waals surface area (Å²) in [7, 11) is -3.77. The number of carbonyl (C=O) groups excluding carboxylic acids is 1. The minimum atomic E-state index is -3.77. The molecule has 30 heavy (non-hydrogen) atoms. The summed E-state index contributed by atoms with van der Waals surface area (Å²) >= 11 is 12.1. The van der Waals surface area contributed by atoms with Gasteiger partial charge in [-0.1, -0.05) is 47.5 Å². The molecule has 1 aliphatic heterocycles. The Kier molecular flexibility index (Phi) is 5.97. The fourth-order valence-electron chi connectivity index (χ4n) is 3.54. The van der Waals surface area contributed by atoms with E-state index in [1.165, 1.54) is 10.4 Å². The van der Waals surface area contributed by atoms with Crippen LogP contribution >= 0.6 is 23.2 Å². The van der Waals surface area contributed by atoms with Crippen molar-refractivity contribution < 1.29 is 13.2 Å². The first-order valence-corrected chi connectivity index (χ1v) is 11.7. The monoisotopic (exact) mass is 463 g/mol. The summed E-state index contributed by atoms with van der Waals surface area (Å²) in [5.41, 5.74) is 0.801. The number of nitrogens with one attached hydrogen (secondary N) is 1. The Labute approximate surface area is 184 Å². The normalized spacial score (nSPS) is 15.9. The largest absolute Gasteiger partial charge is 0.310 e. The summed E-state index contributed by atoms with van der Waals surface area (Å²) in [6.07, 6.45) is 0.827. The maximum Gasteiger partial charge on any atom is 0.244 e. The van der Waals surface area contributed by atoms with E-state index in [1.54, 1.807) is 18.2 Å². The maximum absolute atomic E-state index is 12.9. The van der Waals surface area contributed by atoms with E-state index in [0.717, 1.165) is 10.9 Å². The lowest BCUT2D eigenvalue weighted by molar-refractivity contribution is -0.120. The van der Waals surface area contributed by atoms with Gasteiger partial charge in [0.15, 0.2) is 0 Å². The molecule has 1 fully saturated rings. The Morgan fingerprint density at radius 1 is 1.00 bits per heavy atom. The van der Waals surface area contributed by atoms with Crippen molar-refractivity contribution in [2.45, 2.75) is 17.7 Å². The van der Waals surface area contributed by atoms with E-state index >= 15 is 0 Å². The summed E-state index contributed by atoms with van der Waals surface area (Å²) in [6, 6.07) is 15.9. The third-order valence-corrected chi connectivity index (χ3v) is 8.08. The van der Waals surface area contributed by atoms with Gasteiger partial charge < -0.3 is 5.32 Å². The molecule has 0 unspecified atom stereocenters. The number of hydrogen-bond acceptors (Lipinski definition) is 4. The van der Waals surface area contributed by atoms with Crippen LogP contribution in [0.25, 0.3) is 10.9 Å². The van der Waals surface area contributed by atoms with Gasteiger partial charge in [0.2, 0.25) is 15.9 Å². The number of anilines is 1. The average Bonchev–Trinajstić information content (AvgIpc) is 2.75. The number of amides is 1. The van der Waals surface area contributed by atoms with Crippen molar-refractivity contribution in [2.24, 2.45) is 5.92 Å². The number of aromatic nitrogens is 1. The van der Waals surface area contributed by atoms with Gasteiger partial charge in [-0.25, -0.2) is 13.4 Å². The third kappa shape index (κ3) is 4.16. The summed E-state index contributed by atoms with van der Waals surface area (Å²) in [4.78, 5) is 17.1. The quantitative estimate of drug-likeness (QED) is 0.613. The molecule has 1 aromatic heterocycles. The van der Waals surface area contributed by atoms with Gasteiger partial charge >= 0.3 is 0 Å². The molecular weight excluding hydrogens is 445 g/mol. The van der Waals surface area contributed by atoms with Crippen molar-refractivity contribution >= 4 is 55.9 Å². The number of carbonyl (C=O) groups is 1. The zero-order valence-corrected chi connectivity index (χ0v) is 18.2. The van der Waals surface area contributed by atoms with Gasteiger partial charge in [0.1, 0.15) is 10.7 Å². The van der Waals surface area contributed by atoms with Crippen molar-refractivity contribution in [2.75, 3.05) is 18.4 Å². The number of pyridine rings is 1. The van der Waals surface area contributed by atoms with Gasteiger partial charge in [-0.3, -0.25) is 4.79 Å². The van der Waals surface area contributed by atoms with Gasteiger partial charge in [0.05, 0.1) is 15.6 Å². The van der Waals surface area contributed by atoms with Crippen LogP contribution in [0.3, 0.4) is 0 Å². The van der Waals surface area contributed by atoms with Crippen molar-refractivity contribution in [1.82, 2.24) is 9.29 Å². The molecule has 0 radical (unpaired) electrons. The number of nitrogens with zero attached hydrogens (tertiary/aromatic N) is 2. The Hall–Kier alpha value is -2.19. The number of para-hydroxylation sites is 1. The first-order chi connectivity index (χ1) is 14.4. The van der Waals surface area contributed by atoms with Crippen LogP contribution in [0.1, 0.15) is 12.8 Å². The van der Waals surface area contributed by atoms with Crippen LogP contribution in [-0.4, -0.2) is 36.7 Å². The number of benzene rings is 2. The molecule has 1 amide bonds. The van der Waals surface area contributed by atoms with Gasteiger partial charge in [-0.2, -0.15) is 4.31 Å². The summed E-state index contributed by atoms with van der Waals surface area (Å²) < 4.78 is 27.2. The minimum absolute atomic E-state index is 0.0140. The summed E-state index contributed by atoms with van der Waals surface area (Å²) in [5.74, 6) is 0.0367. The average molecular weight is 464 g/mol. The van der Waals surface area contributed by atoms with Crippen molar-refractivity contribution in [1.29, 1.82) is 0 Å². The van der Waals surface area contributed by atoms with E-state index < -0.39 is 10.0 Å². The number of rotatable bonds is 4. The van der Waals surface area contributed by atoms with E-state index in [4.69, 9.17) is 23.2 Å². The molecular formula is C21H19Cl2N3O3S. The Bertz CT molecular complexity index is 1210. The molecule has 6 nitrogen and oxygen atoms in total. The van der Waals surface area contributed by atoms with Crippen LogP contribution in [0.4, 0.5) is 5.82 Å². The van der Waals surface area contributed by atoms with Crippen molar-refractivity contribution in [3.8, 4) is 0 Å². The first kappa shape index (κ1) is 21.1. The van der Waals surface area contributed by atoms with Crippen LogP contribution in [-0.2, 0) is 14.8 Å². The molecule has 0 bridgehead atoms. The third-order valence-electron chi connectivity index (χ3n) is 5.21. The smallest absolute Gasteiger partial charge is 0.244 e. The number of piperidine rings is 1. The second-order valence-electron chi connectivity index (χ2n) is 7.11. The van der Waals surface area contributed by atoms with Crippen LogP contribution < -0.4 is 5.32 Å². The molecule has 156 valence electrons. The van der Waals surface area contributed by atoms with Crippen LogP contribution in [0.15, 0.2) is 59.5 Å². The molecule has 0 aliphatic carbocycles. The Morgan fingerprint density at radius 3 is 2.50 bits per heavy atom. The van der Waals surface area contributed by atoms with E-state index in [2.05, 4.69) is 10.3 Å².